The highest BCUT2D eigenvalue weighted by Gasteiger charge is 2.18. The number of halogens is 1. The van der Waals surface area contributed by atoms with Crippen molar-refractivity contribution < 1.29 is 4.79 Å². The number of amides is 1. The summed E-state index contributed by atoms with van der Waals surface area (Å²) in [6, 6.07) is 7.46. The first-order valence-corrected chi connectivity index (χ1v) is 9.16. The second kappa shape index (κ2) is 6.86. The Bertz CT molecular complexity index is 889. The summed E-state index contributed by atoms with van der Waals surface area (Å²) in [4.78, 5) is 22.5. The van der Waals surface area contributed by atoms with Crippen molar-refractivity contribution in [2.24, 2.45) is 5.92 Å². The van der Waals surface area contributed by atoms with E-state index in [1.165, 1.54) is 11.3 Å². The van der Waals surface area contributed by atoms with Gasteiger partial charge in [0.15, 0.2) is 0 Å². The zero-order valence-electron chi connectivity index (χ0n) is 13.3. The number of anilines is 2. The Morgan fingerprint density at radius 3 is 2.79 bits per heavy atom. The molecule has 0 aliphatic carbocycles. The quantitative estimate of drug-likeness (QED) is 0.670. The Hall–Kier alpha value is -1.99. The maximum absolute atomic E-state index is 12.5. The zero-order valence-corrected chi connectivity index (χ0v) is 15.7. The molecule has 3 rings (SSSR count). The molecule has 0 saturated heterocycles. The fraction of sp³-hybridized carbons (Fsp3) is 0.235. The van der Waals surface area contributed by atoms with E-state index in [4.69, 9.17) is 5.73 Å². The summed E-state index contributed by atoms with van der Waals surface area (Å²) in [5.74, 6) is 0.739. The van der Waals surface area contributed by atoms with Gasteiger partial charge in [-0.3, -0.25) is 4.79 Å². The number of nitrogens with one attached hydrogen (secondary N) is 1. The largest absolute Gasteiger partial charge is 0.397 e. The second-order valence-electron chi connectivity index (χ2n) is 5.91. The summed E-state index contributed by atoms with van der Waals surface area (Å²) >= 11 is 4.62. The minimum absolute atomic E-state index is 0.268. The average Bonchev–Trinajstić information content (AvgIpc) is 2.85. The first-order chi connectivity index (χ1) is 11.4. The molecule has 7 heteroatoms. The number of nitrogens with zero attached hydrogens (tertiary/aromatic N) is 2. The standard InChI is InChI=1S/C17H17BrN4OS/c1-9(2)7-11-4-5-12-14(19)15(24-17(12)21-11)16(23)22-13-6-3-10(18)8-20-13/h3-6,8-9H,7,19H2,1-2H3,(H,20,22,23). The van der Waals surface area contributed by atoms with E-state index in [0.29, 0.717) is 22.3 Å². The number of nitrogens with two attached hydrogens (primary N) is 1. The van der Waals surface area contributed by atoms with Gasteiger partial charge in [0.1, 0.15) is 15.5 Å². The van der Waals surface area contributed by atoms with Crippen molar-refractivity contribution in [1.82, 2.24) is 9.97 Å². The van der Waals surface area contributed by atoms with Crippen molar-refractivity contribution >= 4 is 54.9 Å². The van der Waals surface area contributed by atoms with Crippen LogP contribution in [-0.2, 0) is 6.42 Å². The number of pyridine rings is 2. The lowest BCUT2D eigenvalue weighted by Crippen LogP contribution is -2.12. The molecule has 0 aromatic carbocycles. The first kappa shape index (κ1) is 16.9. The van der Waals surface area contributed by atoms with Gasteiger partial charge in [0.05, 0.1) is 5.69 Å². The van der Waals surface area contributed by atoms with E-state index in [9.17, 15) is 4.79 Å². The lowest BCUT2D eigenvalue weighted by atomic mass is 10.1. The normalized spacial score (nSPS) is 11.2. The first-order valence-electron chi connectivity index (χ1n) is 7.55. The Kier molecular flexibility index (Phi) is 4.82. The monoisotopic (exact) mass is 404 g/mol. The van der Waals surface area contributed by atoms with Crippen LogP contribution in [0.15, 0.2) is 34.9 Å². The lowest BCUT2D eigenvalue weighted by Gasteiger charge is -2.03. The third-order valence-corrected chi connectivity index (χ3v) is 5.03. The van der Waals surface area contributed by atoms with Crippen LogP contribution in [0.25, 0.3) is 10.2 Å². The SMILES string of the molecule is CC(C)Cc1ccc2c(N)c(C(=O)Nc3ccc(Br)cn3)sc2n1. The molecule has 0 atom stereocenters. The van der Waals surface area contributed by atoms with Gasteiger partial charge >= 0.3 is 0 Å². The summed E-state index contributed by atoms with van der Waals surface area (Å²) in [6.45, 7) is 4.30. The van der Waals surface area contributed by atoms with Gasteiger partial charge in [-0.25, -0.2) is 9.97 Å². The molecule has 24 heavy (non-hydrogen) atoms. The van der Waals surface area contributed by atoms with Crippen molar-refractivity contribution in [2.75, 3.05) is 11.1 Å². The molecule has 3 N–H and O–H groups in total. The molecular formula is C17H17BrN4OS. The van der Waals surface area contributed by atoms with Gasteiger partial charge in [-0.05, 0) is 52.5 Å². The number of hydrogen-bond donors (Lipinski definition) is 2. The van der Waals surface area contributed by atoms with Gasteiger partial charge in [-0.1, -0.05) is 13.8 Å². The van der Waals surface area contributed by atoms with Crippen LogP contribution in [0.5, 0.6) is 0 Å². The molecule has 3 heterocycles. The predicted octanol–water partition coefficient (Wildman–Crippen LogP) is 4.49. The number of aromatic nitrogens is 2. The van der Waals surface area contributed by atoms with Crippen LogP contribution in [0, 0.1) is 5.92 Å². The van der Waals surface area contributed by atoms with Crippen LogP contribution >= 0.6 is 27.3 Å². The molecule has 0 bridgehead atoms. The number of fused-ring (bicyclic) bond motifs is 1. The van der Waals surface area contributed by atoms with Crippen LogP contribution in [0.4, 0.5) is 11.5 Å². The molecule has 0 radical (unpaired) electrons. The van der Waals surface area contributed by atoms with E-state index in [1.807, 2.05) is 18.2 Å². The van der Waals surface area contributed by atoms with Crippen LogP contribution in [0.1, 0.15) is 29.2 Å². The molecule has 0 fully saturated rings. The summed E-state index contributed by atoms with van der Waals surface area (Å²) < 4.78 is 0.851. The molecule has 3 aromatic rings. The van der Waals surface area contributed by atoms with Gasteiger partial charge in [0.25, 0.3) is 5.91 Å². The van der Waals surface area contributed by atoms with Gasteiger partial charge in [0, 0.05) is 21.7 Å². The van der Waals surface area contributed by atoms with Crippen LogP contribution in [-0.4, -0.2) is 15.9 Å². The Balaban J connectivity index is 1.89. The van der Waals surface area contributed by atoms with Crippen LogP contribution in [0.2, 0.25) is 0 Å². The third kappa shape index (κ3) is 3.57. The van der Waals surface area contributed by atoms with E-state index in [-0.39, 0.29) is 5.91 Å². The van der Waals surface area contributed by atoms with Gasteiger partial charge < -0.3 is 11.1 Å². The van der Waals surface area contributed by atoms with E-state index >= 15 is 0 Å². The number of rotatable bonds is 4. The Morgan fingerprint density at radius 1 is 1.33 bits per heavy atom. The molecule has 5 nitrogen and oxygen atoms in total. The minimum atomic E-state index is -0.268. The van der Waals surface area contributed by atoms with Crippen molar-refractivity contribution in [3.63, 3.8) is 0 Å². The smallest absolute Gasteiger partial charge is 0.269 e. The Labute approximate surface area is 152 Å². The van der Waals surface area contributed by atoms with Crippen molar-refractivity contribution in [2.45, 2.75) is 20.3 Å². The van der Waals surface area contributed by atoms with E-state index in [1.54, 1.807) is 12.3 Å². The van der Waals surface area contributed by atoms with Gasteiger partial charge in [-0.15, -0.1) is 11.3 Å². The molecule has 0 aliphatic rings. The summed E-state index contributed by atoms with van der Waals surface area (Å²) in [5, 5.41) is 3.59. The van der Waals surface area contributed by atoms with E-state index in [0.717, 1.165) is 26.8 Å². The van der Waals surface area contributed by atoms with Crippen molar-refractivity contribution in [3.8, 4) is 0 Å². The highest BCUT2D eigenvalue weighted by molar-refractivity contribution is 9.10. The van der Waals surface area contributed by atoms with E-state index < -0.39 is 0 Å². The molecule has 1 amide bonds. The molecule has 3 aromatic heterocycles. The summed E-state index contributed by atoms with van der Waals surface area (Å²) in [5.41, 5.74) is 7.63. The maximum atomic E-state index is 12.5. The molecule has 0 spiro atoms. The molecule has 0 aliphatic heterocycles. The minimum Gasteiger partial charge on any atom is -0.397 e. The Morgan fingerprint density at radius 2 is 2.12 bits per heavy atom. The number of carbonyl (C=O) groups is 1. The molecule has 124 valence electrons. The highest BCUT2D eigenvalue weighted by Crippen LogP contribution is 2.33. The fourth-order valence-corrected chi connectivity index (χ4v) is 3.60. The third-order valence-electron chi connectivity index (χ3n) is 3.44. The topological polar surface area (TPSA) is 80.9 Å². The van der Waals surface area contributed by atoms with Crippen molar-refractivity contribution in [3.05, 3.63) is 45.5 Å². The highest BCUT2D eigenvalue weighted by atomic mass is 79.9. The fourth-order valence-electron chi connectivity index (χ4n) is 2.36. The van der Waals surface area contributed by atoms with E-state index in [2.05, 4.69) is 45.1 Å². The lowest BCUT2D eigenvalue weighted by molar-refractivity contribution is 0.103. The van der Waals surface area contributed by atoms with Crippen molar-refractivity contribution in [1.29, 1.82) is 0 Å². The summed E-state index contributed by atoms with van der Waals surface area (Å²) in [6.07, 6.45) is 2.53. The molecule has 0 saturated carbocycles. The number of carbonyl (C=O) groups excluding carboxylic acids is 1. The average molecular weight is 405 g/mol. The molecule has 0 unspecified atom stereocenters. The van der Waals surface area contributed by atoms with Gasteiger partial charge in [-0.2, -0.15) is 0 Å². The second-order valence-corrected chi connectivity index (χ2v) is 7.83. The zero-order chi connectivity index (χ0) is 17.3. The predicted molar refractivity (Wildman–Crippen MR) is 102 cm³/mol. The number of thiophene rings is 1. The van der Waals surface area contributed by atoms with Crippen LogP contribution in [0.3, 0.4) is 0 Å². The number of hydrogen-bond acceptors (Lipinski definition) is 5. The molecular weight excluding hydrogens is 388 g/mol. The number of nitrogen functional groups attached to an aromatic ring is 1. The van der Waals surface area contributed by atoms with Crippen LogP contribution < -0.4 is 11.1 Å². The van der Waals surface area contributed by atoms with Gasteiger partial charge in [0.2, 0.25) is 0 Å². The maximum Gasteiger partial charge on any atom is 0.269 e. The summed E-state index contributed by atoms with van der Waals surface area (Å²) in [7, 11) is 0.